The molecule has 0 spiro atoms. The summed E-state index contributed by atoms with van der Waals surface area (Å²) in [5, 5.41) is 3.38. The van der Waals surface area contributed by atoms with Gasteiger partial charge in [-0.05, 0) is 31.0 Å². The molecule has 13 heavy (non-hydrogen) atoms. The average molecular weight is 176 g/mol. The van der Waals surface area contributed by atoms with Crippen LogP contribution in [0.4, 0.5) is 5.69 Å². The van der Waals surface area contributed by atoms with Crippen LogP contribution in [-0.4, -0.2) is 6.54 Å². The number of hydrogen-bond donors (Lipinski definition) is 1. The first-order valence-corrected chi connectivity index (χ1v) is 4.99. The fraction of sp³-hybridized carbons (Fsp3) is 0.417. The fourth-order valence-electron chi connectivity index (χ4n) is 1.23. The first kappa shape index (κ1) is 10.1. The Labute approximate surface area is 81.2 Å². The monoisotopic (exact) mass is 176 g/mol. The zero-order valence-electron chi connectivity index (χ0n) is 8.34. The van der Waals surface area contributed by atoms with E-state index in [1.807, 2.05) is 12.1 Å². The second-order valence-corrected chi connectivity index (χ2v) is 3.33. The van der Waals surface area contributed by atoms with Crippen LogP contribution in [0.3, 0.4) is 0 Å². The molecule has 0 atom stereocenters. The summed E-state index contributed by atoms with van der Waals surface area (Å²) in [5.41, 5.74) is 2.27. The molecule has 0 fully saturated rings. The maximum atomic E-state index is 3.84. The van der Waals surface area contributed by atoms with E-state index in [0.29, 0.717) is 0 Å². The van der Waals surface area contributed by atoms with E-state index in [2.05, 4.69) is 31.3 Å². The lowest BCUT2D eigenvalue weighted by molar-refractivity contribution is 0.744. The molecule has 1 aromatic rings. The van der Waals surface area contributed by atoms with Gasteiger partial charge in [-0.3, -0.25) is 0 Å². The Balaban J connectivity index is 2.25. The third-order valence-corrected chi connectivity index (χ3v) is 2.06. The van der Waals surface area contributed by atoms with Crippen LogP contribution in [0.15, 0.2) is 24.3 Å². The summed E-state index contributed by atoms with van der Waals surface area (Å²) in [6.07, 6.45) is 3.84. The van der Waals surface area contributed by atoms with Gasteiger partial charge in [0.1, 0.15) is 0 Å². The maximum Gasteiger partial charge on any atom is 0.0340 e. The van der Waals surface area contributed by atoms with Crippen molar-refractivity contribution in [2.45, 2.75) is 26.2 Å². The summed E-state index contributed by atoms with van der Waals surface area (Å²) < 4.78 is 0. The predicted octanol–water partition coefficient (Wildman–Crippen LogP) is 3.47. The van der Waals surface area contributed by atoms with Gasteiger partial charge in [0.15, 0.2) is 0 Å². The SMILES string of the molecule is [CH2]c1ccc(NCCCCC)cc1. The number of hydrogen-bond acceptors (Lipinski definition) is 1. The normalized spacial score (nSPS) is 10.0. The van der Waals surface area contributed by atoms with E-state index in [0.717, 1.165) is 12.1 Å². The van der Waals surface area contributed by atoms with Crippen LogP contribution in [-0.2, 0) is 0 Å². The molecule has 0 aliphatic rings. The molecule has 0 aromatic heterocycles. The van der Waals surface area contributed by atoms with Gasteiger partial charge in [0.2, 0.25) is 0 Å². The van der Waals surface area contributed by atoms with Gasteiger partial charge in [-0.2, -0.15) is 0 Å². The molecule has 0 saturated heterocycles. The van der Waals surface area contributed by atoms with Gasteiger partial charge in [-0.25, -0.2) is 0 Å². The summed E-state index contributed by atoms with van der Waals surface area (Å²) in [5.74, 6) is 0. The quantitative estimate of drug-likeness (QED) is 0.677. The van der Waals surface area contributed by atoms with Crippen molar-refractivity contribution >= 4 is 5.69 Å². The smallest absolute Gasteiger partial charge is 0.0340 e. The van der Waals surface area contributed by atoms with Gasteiger partial charge >= 0.3 is 0 Å². The number of anilines is 1. The van der Waals surface area contributed by atoms with Gasteiger partial charge in [-0.1, -0.05) is 31.9 Å². The van der Waals surface area contributed by atoms with Gasteiger partial charge in [0, 0.05) is 12.2 Å². The second-order valence-electron chi connectivity index (χ2n) is 3.33. The van der Waals surface area contributed by atoms with Crippen molar-refractivity contribution in [3.8, 4) is 0 Å². The molecule has 0 bridgehead atoms. The van der Waals surface area contributed by atoms with E-state index in [9.17, 15) is 0 Å². The zero-order valence-corrected chi connectivity index (χ0v) is 8.34. The second kappa shape index (κ2) is 5.63. The molecule has 1 N–H and O–H groups in total. The Morgan fingerprint density at radius 1 is 1.15 bits per heavy atom. The third kappa shape index (κ3) is 3.97. The Morgan fingerprint density at radius 2 is 1.85 bits per heavy atom. The minimum atomic E-state index is 1.07. The highest BCUT2D eigenvalue weighted by molar-refractivity contribution is 5.44. The van der Waals surface area contributed by atoms with Gasteiger partial charge in [0.25, 0.3) is 0 Å². The highest BCUT2D eigenvalue weighted by Gasteiger charge is 1.90. The van der Waals surface area contributed by atoms with E-state index >= 15 is 0 Å². The number of nitrogens with one attached hydrogen (secondary N) is 1. The molecule has 0 saturated carbocycles. The van der Waals surface area contributed by atoms with E-state index in [4.69, 9.17) is 0 Å². The summed E-state index contributed by atoms with van der Waals surface area (Å²) in [6.45, 7) is 7.14. The number of rotatable bonds is 5. The lowest BCUT2D eigenvalue weighted by atomic mass is 10.2. The van der Waals surface area contributed by atoms with Gasteiger partial charge in [-0.15, -0.1) is 0 Å². The van der Waals surface area contributed by atoms with Crippen molar-refractivity contribution in [3.05, 3.63) is 36.8 Å². The van der Waals surface area contributed by atoms with Crippen molar-refractivity contribution in [1.82, 2.24) is 0 Å². The van der Waals surface area contributed by atoms with Crippen LogP contribution >= 0.6 is 0 Å². The molecule has 0 aliphatic carbocycles. The molecular weight excluding hydrogens is 158 g/mol. The van der Waals surface area contributed by atoms with Gasteiger partial charge in [0.05, 0.1) is 0 Å². The van der Waals surface area contributed by atoms with E-state index in [-0.39, 0.29) is 0 Å². The standard InChI is InChI=1S/C12H18N/c1-3-4-5-10-13-12-8-6-11(2)7-9-12/h6-9,13H,2-5,10H2,1H3. The largest absolute Gasteiger partial charge is 0.385 e. The molecule has 1 radical (unpaired) electrons. The number of benzene rings is 1. The van der Waals surface area contributed by atoms with E-state index < -0.39 is 0 Å². The summed E-state index contributed by atoms with van der Waals surface area (Å²) in [6, 6.07) is 8.22. The summed E-state index contributed by atoms with van der Waals surface area (Å²) in [4.78, 5) is 0. The van der Waals surface area contributed by atoms with Crippen molar-refractivity contribution in [2.75, 3.05) is 11.9 Å². The molecule has 0 amide bonds. The molecular formula is C12H18N. The first-order chi connectivity index (χ1) is 6.33. The molecule has 1 nitrogen and oxygen atoms in total. The fourth-order valence-corrected chi connectivity index (χ4v) is 1.23. The van der Waals surface area contributed by atoms with Crippen molar-refractivity contribution in [2.24, 2.45) is 0 Å². The molecule has 0 unspecified atom stereocenters. The van der Waals surface area contributed by atoms with Crippen LogP contribution in [0, 0.1) is 6.92 Å². The molecule has 71 valence electrons. The predicted molar refractivity (Wildman–Crippen MR) is 58.9 cm³/mol. The van der Waals surface area contributed by atoms with Crippen molar-refractivity contribution < 1.29 is 0 Å². The zero-order chi connectivity index (χ0) is 9.52. The minimum Gasteiger partial charge on any atom is -0.385 e. The highest BCUT2D eigenvalue weighted by Crippen LogP contribution is 2.08. The van der Waals surface area contributed by atoms with E-state index in [1.165, 1.54) is 24.9 Å². The highest BCUT2D eigenvalue weighted by atomic mass is 14.9. The summed E-state index contributed by atoms with van der Waals surface area (Å²) >= 11 is 0. The van der Waals surface area contributed by atoms with Crippen molar-refractivity contribution in [3.63, 3.8) is 0 Å². The van der Waals surface area contributed by atoms with E-state index in [1.54, 1.807) is 0 Å². The molecule has 0 aliphatic heterocycles. The Morgan fingerprint density at radius 3 is 2.46 bits per heavy atom. The Bertz CT molecular complexity index is 225. The lowest BCUT2D eigenvalue weighted by Gasteiger charge is -2.05. The average Bonchev–Trinajstić information content (AvgIpc) is 2.15. The topological polar surface area (TPSA) is 12.0 Å². The molecule has 1 aromatic carbocycles. The van der Waals surface area contributed by atoms with Crippen LogP contribution in [0.25, 0.3) is 0 Å². The summed E-state index contributed by atoms with van der Waals surface area (Å²) in [7, 11) is 0. The number of unbranched alkanes of at least 4 members (excludes halogenated alkanes) is 2. The molecule has 0 heterocycles. The Kier molecular flexibility index (Phi) is 4.37. The van der Waals surface area contributed by atoms with Crippen LogP contribution in [0.1, 0.15) is 31.7 Å². The van der Waals surface area contributed by atoms with Crippen molar-refractivity contribution in [1.29, 1.82) is 0 Å². The molecule has 1 heteroatoms. The Hall–Kier alpha value is -0.980. The lowest BCUT2D eigenvalue weighted by Crippen LogP contribution is -2.00. The first-order valence-electron chi connectivity index (χ1n) is 4.99. The van der Waals surface area contributed by atoms with Crippen LogP contribution < -0.4 is 5.32 Å². The van der Waals surface area contributed by atoms with Crippen LogP contribution in [0.5, 0.6) is 0 Å². The van der Waals surface area contributed by atoms with Crippen LogP contribution in [0.2, 0.25) is 0 Å². The maximum absolute atomic E-state index is 3.84. The minimum absolute atomic E-state index is 1.07. The van der Waals surface area contributed by atoms with Gasteiger partial charge < -0.3 is 5.32 Å². The third-order valence-electron chi connectivity index (χ3n) is 2.06. The molecule has 1 rings (SSSR count).